The van der Waals surface area contributed by atoms with Gasteiger partial charge in [0.2, 0.25) is 23.6 Å². The maximum atomic E-state index is 14.4. The van der Waals surface area contributed by atoms with Crippen molar-refractivity contribution < 1.29 is 38.6 Å². The van der Waals surface area contributed by atoms with Crippen molar-refractivity contribution in [1.29, 1.82) is 0 Å². The second kappa shape index (κ2) is 20.1. The number of fused-ring (bicyclic) bond motifs is 19. The summed E-state index contributed by atoms with van der Waals surface area (Å²) in [5.41, 5.74) is 4.46. The van der Waals surface area contributed by atoms with Gasteiger partial charge in [-0.15, -0.1) is 11.3 Å². The van der Waals surface area contributed by atoms with E-state index in [9.17, 15) is 33.9 Å². The van der Waals surface area contributed by atoms with Crippen molar-refractivity contribution in [3.63, 3.8) is 0 Å². The maximum Gasteiger partial charge on any atom is 0.307 e. The highest BCUT2D eigenvalue weighted by Crippen LogP contribution is 2.21. The molecule has 0 saturated carbocycles. The van der Waals surface area contributed by atoms with E-state index in [0.717, 1.165) is 27.1 Å². The number of hydrogen-bond acceptors (Lipinski definition) is 8. The molecule has 0 unspecified atom stereocenters. The molecule has 4 atom stereocenters. The molecule has 3 heterocycles. The number of carboxylic acid groups (broad SMARTS) is 1. The van der Waals surface area contributed by atoms with Crippen molar-refractivity contribution in [2.24, 2.45) is 5.92 Å². The Hall–Kier alpha value is -6.44. The summed E-state index contributed by atoms with van der Waals surface area (Å²) in [5.74, 6) is -5.26. The maximum absolute atomic E-state index is 14.4. The number of carbonyl (C=O) groups is 6. The number of carbonyl (C=O) groups excluding carboxylic acids is 5. The molecule has 0 fully saturated rings. The van der Waals surface area contributed by atoms with Crippen molar-refractivity contribution in [2.45, 2.75) is 50.2 Å². The van der Waals surface area contributed by atoms with Crippen LogP contribution in [0, 0.1) is 5.92 Å². The Morgan fingerprint density at radius 3 is 1.84 bits per heavy atom. The number of rotatable bonds is 8. The molecule has 0 radical (unpaired) electrons. The fourth-order valence-electron chi connectivity index (χ4n) is 6.70. The number of hydrogen-bond donors (Lipinski definition) is 5. The first-order valence-electron chi connectivity index (χ1n) is 18.9. The lowest BCUT2D eigenvalue weighted by Gasteiger charge is -2.26. The van der Waals surface area contributed by atoms with E-state index in [0.29, 0.717) is 11.3 Å². The first-order valence-corrected chi connectivity index (χ1v) is 19.8. The van der Waals surface area contributed by atoms with E-state index in [1.807, 2.05) is 90.3 Å². The minimum absolute atomic E-state index is 0.0167. The van der Waals surface area contributed by atoms with Crippen LogP contribution in [-0.4, -0.2) is 71.8 Å². The van der Waals surface area contributed by atoms with Crippen LogP contribution in [0.5, 0.6) is 0 Å². The molecule has 0 aliphatic carbocycles. The lowest BCUT2D eigenvalue weighted by Crippen LogP contribution is -2.57. The average Bonchev–Trinajstić information content (AvgIpc) is 3.74. The average molecular weight is 801 g/mol. The smallest absolute Gasteiger partial charge is 0.307 e. The standard InChI is InChI=1S/C45H44N4O8S/c50-40-25-34(45(55)56)22-30-15-19-35(20-16-30)46-41(51)27-57-28-42(52)47-39(26-36-12-7-21-58-36)44(54)49-38(43(53)48-37(40)23-29-8-3-1-4-9-29)24-31-13-17-33(18-14-31)32-10-5-2-6-11-32/h1-21,34,37-39H,22-28H2,(H,46,51)(H,47,52)(H,48,53)(H,49,54)(H,55,56)/t34-,37-,38+,39-/m1/s1. The highest BCUT2D eigenvalue weighted by atomic mass is 32.1. The van der Waals surface area contributed by atoms with Crippen LogP contribution in [0.25, 0.3) is 11.1 Å². The van der Waals surface area contributed by atoms with Crippen molar-refractivity contribution in [2.75, 3.05) is 18.5 Å². The highest BCUT2D eigenvalue weighted by Gasteiger charge is 2.32. The number of nitrogens with one attached hydrogen (secondary N) is 4. The zero-order valence-electron chi connectivity index (χ0n) is 31.6. The van der Waals surface area contributed by atoms with Crippen molar-refractivity contribution in [1.82, 2.24) is 16.0 Å². The molecule has 4 aromatic carbocycles. The van der Waals surface area contributed by atoms with Gasteiger partial charge in [-0.05, 0) is 64.2 Å². The first kappa shape index (κ1) is 41.2. The molecular formula is C45H44N4O8S. The molecule has 2 aliphatic heterocycles. The molecule has 0 spiro atoms. The number of amides is 4. The summed E-state index contributed by atoms with van der Waals surface area (Å²) in [6.07, 6.45) is -0.143. The molecular weight excluding hydrogens is 757 g/mol. The van der Waals surface area contributed by atoms with Gasteiger partial charge in [-0.2, -0.15) is 0 Å². The van der Waals surface area contributed by atoms with Gasteiger partial charge >= 0.3 is 5.97 Å². The Bertz CT molecular complexity index is 2180. The molecule has 58 heavy (non-hydrogen) atoms. The van der Waals surface area contributed by atoms with Crippen LogP contribution in [-0.2, 0) is 59.2 Å². The van der Waals surface area contributed by atoms with E-state index < -0.39 is 72.6 Å². The highest BCUT2D eigenvalue weighted by molar-refractivity contribution is 7.09. The Kier molecular flexibility index (Phi) is 14.3. The van der Waals surface area contributed by atoms with Crippen LogP contribution in [0.4, 0.5) is 5.69 Å². The van der Waals surface area contributed by atoms with Gasteiger partial charge in [-0.25, -0.2) is 0 Å². The van der Waals surface area contributed by atoms with E-state index in [4.69, 9.17) is 4.74 Å². The van der Waals surface area contributed by atoms with Gasteiger partial charge < -0.3 is 31.1 Å². The van der Waals surface area contributed by atoms with E-state index >= 15 is 0 Å². The predicted molar refractivity (Wildman–Crippen MR) is 220 cm³/mol. The first-order chi connectivity index (χ1) is 28.1. The summed E-state index contributed by atoms with van der Waals surface area (Å²) in [7, 11) is 0. The summed E-state index contributed by atoms with van der Waals surface area (Å²) in [5, 5.41) is 23.1. The molecule has 2 aliphatic rings. The lowest BCUT2D eigenvalue weighted by atomic mass is 9.90. The minimum atomic E-state index is -1.21. The number of carboxylic acids is 1. The van der Waals surface area contributed by atoms with Gasteiger partial charge in [0.25, 0.3) is 0 Å². The summed E-state index contributed by atoms with van der Waals surface area (Å²) in [6.45, 7) is -0.965. The van der Waals surface area contributed by atoms with Gasteiger partial charge in [-0.3, -0.25) is 28.8 Å². The van der Waals surface area contributed by atoms with Crippen LogP contribution in [0.15, 0.2) is 127 Å². The molecule has 1 aromatic heterocycles. The van der Waals surface area contributed by atoms with E-state index in [1.54, 1.807) is 36.4 Å². The van der Waals surface area contributed by atoms with Gasteiger partial charge in [-0.1, -0.05) is 103 Å². The second-order valence-corrected chi connectivity index (χ2v) is 15.2. The van der Waals surface area contributed by atoms with E-state index in [2.05, 4.69) is 21.3 Å². The predicted octanol–water partition coefficient (Wildman–Crippen LogP) is 4.77. The molecule has 12 nitrogen and oxygen atoms in total. The Labute approximate surface area is 340 Å². The monoisotopic (exact) mass is 800 g/mol. The minimum Gasteiger partial charge on any atom is -0.481 e. The normalized spacial score (nSPS) is 20.1. The number of Topliss-reactive ketones (excluding diaryl/α,β-unsaturated/α-hetero) is 1. The lowest BCUT2D eigenvalue weighted by molar-refractivity contribution is -0.144. The quantitative estimate of drug-likeness (QED) is 0.139. The fourth-order valence-corrected chi connectivity index (χ4v) is 7.45. The van der Waals surface area contributed by atoms with Crippen LogP contribution >= 0.6 is 11.3 Å². The number of thiophene rings is 1. The van der Waals surface area contributed by atoms with Gasteiger partial charge in [0.05, 0.1) is 12.0 Å². The number of ether oxygens (including phenoxy) is 1. The summed E-state index contributed by atoms with van der Waals surface area (Å²) in [4.78, 5) is 81.7. The van der Waals surface area contributed by atoms with Crippen molar-refractivity contribution in [3.8, 4) is 11.1 Å². The molecule has 7 rings (SSSR count). The molecule has 5 aromatic rings. The van der Waals surface area contributed by atoms with Gasteiger partial charge in [0, 0.05) is 29.8 Å². The van der Waals surface area contributed by atoms with Crippen molar-refractivity contribution >= 4 is 52.4 Å². The third-order valence-corrected chi connectivity index (χ3v) is 10.6. The Morgan fingerprint density at radius 1 is 0.603 bits per heavy atom. The molecule has 13 heteroatoms. The van der Waals surface area contributed by atoms with Gasteiger partial charge in [0.15, 0.2) is 5.78 Å². The SMILES string of the molecule is O=C1COCC(=O)N[C@H](Cc2cccs2)C(=O)N[C@@H](Cc2ccc(-c3ccccc3)cc2)C(=O)N[C@H](Cc2ccccc2)C(=O)C[C@H](C(=O)O)Cc2ccc(cc2)N1. The largest absolute Gasteiger partial charge is 0.481 e. The second-order valence-electron chi connectivity index (χ2n) is 14.1. The summed E-state index contributed by atoms with van der Waals surface area (Å²) < 4.78 is 5.38. The number of aliphatic carboxylic acids is 1. The third-order valence-electron chi connectivity index (χ3n) is 9.74. The molecule has 2 bridgehead atoms. The Balaban J connectivity index is 1.33. The number of anilines is 1. The molecule has 5 N–H and O–H groups in total. The molecule has 298 valence electrons. The van der Waals surface area contributed by atoms with Crippen molar-refractivity contribution in [3.05, 3.63) is 148 Å². The van der Waals surface area contributed by atoms with E-state index in [-0.39, 0.29) is 32.1 Å². The topological polar surface area (TPSA) is 180 Å². The third kappa shape index (κ3) is 12.0. The van der Waals surface area contributed by atoms with Crippen LogP contribution in [0.1, 0.15) is 28.0 Å². The zero-order chi connectivity index (χ0) is 40.9. The summed E-state index contributed by atoms with van der Waals surface area (Å²) >= 11 is 1.39. The Morgan fingerprint density at radius 2 is 1.19 bits per heavy atom. The van der Waals surface area contributed by atoms with Gasteiger partial charge in [0.1, 0.15) is 25.3 Å². The molecule has 4 amide bonds. The fraction of sp³-hybridized carbons (Fsp3) is 0.244. The zero-order valence-corrected chi connectivity index (χ0v) is 32.4. The van der Waals surface area contributed by atoms with Crippen LogP contribution in [0.3, 0.4) is 0 Å². The number of benzene rings is 4. The van der Waals surface area contributed by atoms with E-state index in [1.165, 1.54) is 11.3 Å². The summed E-state index contributed by atoms with van der Waals surface area (Å²) in [6, 6.07) is 33.1. The molecule has 0 saturated heterocycles. The number of ketones is 1. The van der Waals surface area contributed by atoms with Crippen LogP contribution < -0.4 is 21.3 Å². The van der Waals surface area contributed by atoms with Crippen LogP contribution in [0.2, 0.25) is 0 Å².